The average Bonchev–Trinajstić information content (AvgIpc) is 2.85. The summed E-state index contributed by atoms with van der Waals surface area (Å²) >= 11 is 5.88. The van der Waals surface area contributed by atoms with Crippen molar-refractivity contribution in [3.63, 3.8) is 0 Å². The van der Waals surface area contributed by atoms with Crippen LogP contribution in [0.5, 0.6) is 6.01 Å². The lowest BCUT2D eigenvalue weighted by molar-refractivity contribution is 0.291. The topological polar surface area (TPSA) is 65.7 Å². The summed E-state index contributed by atoms with van der Waals surface area (Å²) in [6.07, 6.45) is 5.50. The third kappa shape index (κ3) is 3.64. The first-order valence-corrected chi connectivity index (χ1v) is 6.68. The lowest BCUT2D eigenvalue weighted by Crippen LogP contribution is -2.02. The molecule has 0 amide bonds. The highest BCUT2D eigenvalue weighted by Gasteiger charge is 2.10. The Labute approximate surface area is 116 Å². The molecule has 2 heterocycles. The number of aromatic nitrogens is 5. The number of hydrogen-bond donors (Lipinski definition) is 0. The Kier molecular flexibility index (Phi) is 4.68. The van der Waals surface area contributed by atoms with E-state index in [0.717, 1.165) is 24.9 Å². The molecule has 2 aromatic heterocycles. The van der Waals surface area contributed by atoms with E-state index < -0.39 is 0 Å². The Balaban J connectivity index is 2.24. The molecular formula is C12H16ClN5O. The molecule has 0 aliphatic carbocycles. The summed E-state index contributed by atoms with van der Waals surface area (Å²) < 4.78 is 7.23. The summed E-state index contributed by atoms with van der Waals surface area (Å²) in [6, 6.07) is 0.250. The molecule has 0 atom stereocenters. The second-order valence-corrected chi connectivity index (χ2v) is 4.39. The predicted octanol–water partition coefficient (Wildman–Crippen LogP) is 2.59. The Morgan fingerprint density at radius 1 is 1.21 bits per heavy atom. The maximum absolute atomic E-state index is 5.88. The normalized spacial score (nSPS) is 10.7. The number of rotatable bonds is 6. The number of hydrogen-bond acceptors (Lipinski definition) is 5. The van der Waals surface area contributed by atoms with Crippen LogP contribution in [0.3, 0.4) is 0 Å². The van der Waals surface area contributed by atoms with Gasteiger partial charge in [-0.2, -0.15) is 20.1 Å². The largest absolute Gasteiger partial charge is 0.463 e. The van der Waals surface area contributed by atoms with E-state index in [4.69, 9.17) is 16.3 Å². The lowest BCUT2D eigenvalue weighted by Gasteiger charge is -2.03. The van der Waals surface area contributed by atoms with Gasteiger partial charge in [0.05, 0.1) is 18.4 Å². The molecule has 0 N–H and O–H groups in total. The lowest BCUT2D eigenvalue weighted by atomic mass is 10.3. The van der Waals surface area contributed by atoms with Crippen LogP contribution >= 0.6 is 11.6 Å². The number of nitrogens with zero attached hydrogens (tertiary/aromatic N) is 5. The molecule has 0 radical (unpaired) electrons. The molecule has 2 aromatic rings. The second-order valence-electron chi connectivity index (χ2n) is 4.05. The molecule has 0 aliphatic heterocycles. The Morgan fingerprint density at radius 2 is 2.05 bits per heavy atom. The van der Waals surface area contributed by atoms with Crippen molar-refractivity contribution in [2.45, 2.75) is 33.2 Å². The van der Waals surface area contributed by atoms with Gasteiger partial charge in [-0.3, -0.25) is 4.68 Å². The third-order valence-electron chi connectivity index (χ3n) is 2.37. The fourth-order valence-corrected chi connectivity index (χ4v) is 1.70. The van der Waals surface area contributed by atoms with Crippen molar-refractivity contribution < 1.29 is 4.74 Å². The molecule has 0 fully saturated rings. The Hall–Kier alpha value is -1.69. The minimum Gasteiger partial charge on any atom is -0.463 e. The first-order chi connectivity index (χ1) is 9.22. The maximum Gasteiger partial charge on any atom is 0.321 e. The molecule has 0 saturated heterocycles. The first kappa shape index (κ1) is 13.7. The summed E-state index contributed by atoms with van der Waals surface area (Å²) in [7, 11) is 0. The first-order valence-electron chi connectivity index (χ1n) is 6.30. The van der Waals surface area contributed by atoms with Crippen LogP contribution in [0.25, 0.3) is 11.4 Å². The van der Waals surface area contributed by atoms with E-state index >= 15 is 0 Å². The van der Waals surface area contributed by atoms with Gasteiger partial charge in [0.25, 0.3) is 0 Å². The van der Waals surface area contributed by atoms with Gasteiger partial charge in [-0.05, 0) is 24.4 Å². The third-order valence-corrected chi connectivity index (χ3v) is 2.54. The van der Waals surface area contributed by atoms with Gasteiger partial charge in [-0.1, -0.05) is 13.8 Å². The van der Waals surface area contributed by atoms with Crippen molar-refractivity contribution in [1.29, 1.82) is 0 Å². The highest BCUT2D eigenvalue weighted by atomic mass is 35.5. The molecule has 6 nitrogen and oxygen atoms in total. The van der Waals surface area contributed by atoms with Crippen molar-refractivity contribution in [1.82, 2.24) is 24.7 Å². The van der Waals surface area contributed by atoms with Crippen LogP contribution in [-0.2, 0) is 6.54 Å². The smallest absolute Gasteiger partial charge is 0.321 e. The zero-order valence-electron chi connectivity index (χ0n) is 11.0. The molecule has 0 spiro atoms. The molecule has 2 rings (SSSR count). The summed E-state index contributed by atoms with van der Waals surface area (Å²) in [5, 5.41) is 4.36. The van der Waals surface area contributed by atoms with Crippen molar-refractivity contribution in [3.05, 3.63) is 17.7 Å². The summed E-state index contributed by atoms with van der Waals surface area (Å²) in [4.78, 5) is 12.3. The molecule has 102 valence electrons. The highest BCUT2D eigenvalue weighted by molar-refractivity contribution is 6.28. The van der Waals surface area contributed by atoms with Gasteiger partial charge in [0.2, 0.25) is 5.28 Å². The quantitative estimate of drug-likeness (QED) is 0.814. The van der Waals surface area contributed by atoms with Crippen LogP contribution in [0.15, 0.2) is 12.4 Å². The number of ether oxygens (including phenoxy) is 1. The van der Waals surface area contributed by atoms with E-state index in [9.17, 15) is 0 Å². The maximum atomic E-state index is 5.88. The van der Waals surface area contributed by atoms with Crippen molar-refractivity contribution in [2.24, 2.45) is 0 Å². The van der Waals surface area contributed by atoms with Gasteiger partial charge in [0.15, 0.2) is 5.82 Å². The Morgan fingerprint density at radius 3 is 2.79 bits per heavy atom. The molecule has 0 unspecified atom stereocenters. The van der Waals surface area contributed by atoms with Crippen molar-refractivity contribution >= 4 is 11.6 Å². The Bertz CT molecular complexity index is 543. The standard InChI is InChI=1S/C12H16ClN5O/c1-3-5-18-8-9(7-14-18)10-15-11(13)17-12(16-10)19-6-4-2/h7-8H,3-6H2,1-2H3. The van der Waals surface area contributed by atoms with Crippen LogP contribution < -0.4 is 4.74 Å². The predicted molar refractivity (Wildman–Crippen MR) is 72.1 cm³/mol. The molecule has 0 bridgehead atoms. The zero-order chi connectivity index (χ0) is 13.7. The van der Waals surface area contributed by atoms with Gasteiger partial charge in [-0.25, -0.2) is 0 Å². The number of halogens is 1. The van der Waals surface area contributed by atoms with Crippen molar-refractivity contribution in [2.75, 3.05) is 6.61 Å². The van der Waals surface area contributed by atoms with Gasteiger partial charge >= 0.3 is 6.01 Å². The monoisotopic (exact) mass is 281 g/mol. The summed E-state index contributed by atoms with van der Waals surface area (Å²) in [6.45, 7) is 5.52. The van der Waals surface area contributed by atoms with Gasteiger partial charge in [0.1, 0.15) is 0 Å². The SMILES string of the molecule is CCCOc1nc(Cl)nc(-c2cnn(CCC)c2)n1. The van der Waals surface area contributed by atoms with Crippen LogP contribution in [0, 0.1) is 0 Å². The fourth-order valence-electron chi connectivity index (χ4n) is 1.55. The minimum atomic E-state index is 0.124. The molecule has 0 saturated carbocycles. The van der Waals surface area contributed by atoms with E-state index in [2.05, 4.69) is 27.0 Å². The van der Waals surface area contributed by atoms with E-state index in [-0.39, 0.29) is 11.3 Å². The van der Waals surface area contributed by atoms with Crippen LogP contribution in [0.2, 0.25) is 5.28 Å². The van der Waals surface area contributed by atoms with Gasteiger partial charge in [-0.15, -0.1) is 0 Å². The summed E-state index contributed by atoms with van der Waals surface area (Å²) in [5.41, 5.74) is 0.805. The number of aryl methyl sites for hydroxylation is 1. The molecule has 0 aliphatic rings. The molecule has 19 heavy (non-hydrogen) atoms. The van der Waals surface area contributed by atoms with E-state index in [1.54, 1.807) is 6.20 Å². The minimum absolute atomic E-state index is 0.124. The molecule has 0 aromatic carbocycles. The zero-order valence-corrected chi connectivity index (χ0v) is 11.8. The van der Waals surface area contributed by atoms with Crippen molar-refractivity contribution in [3.8, 4) is 17.4 Å². The fraction of sp³-hybridized carbons (Fsp3) is 0.500. The summed E-state index contributed by atoms with van der Waals surface area (Å²) in [5.74, 6) is 0.480. The van der Waals surface area contributed by atoms with Crippen LogP contribution in [-0.4, -0.2) is 31.3 Å². The van der Waals surface area contributed by atoms with Crippen LogP contribution in [0.1, 0.15) is 26.7 Å². The van der Waals surface area contributed by atoms with Gasteiger partial charge in [0, 0.05) is 12.7 Å². The molecular weight excluding hydrogens is 266 g/mol. The van der Waals surface area contributed by atoms with E-state index in [1.807, 2.05) is 17.8 Å². The average molecular weight is 282 g/mol. The van der Waals surface area contributed by atoms with E-state index in [1.165, 1.54) is 0 Å². The van der Waals surface area contributed by atoms with Crippen LogP contribution in [0.4, 0.5) is 0 Å². The highest BCUT2D eigenvalue weighted by Crippen LogP contribution is 2.18. The molecule has 7 heteroatoms. The van der Waals surface area contributed by atoms with E-state index in [0.29, 0.717) is 12.4 Å². The second kappa shape index (κ2) is 6.47. The van der Waals surface area contributed by atoms with Gasteiger partial charge < -0.3 is 4.74 Å².